The molecule has 6 aromatic carbocycles. The van der Waals surface area contributed by atoms with Crippen LogP contribution >= 0.6 is 0 Å². The van der Waals surface area contributed by atoms with Gasteiger partial charge in [-0.25, -0.2) is 0 Å². The fraction of sp³-hybridized carbons (Fsp3) is 0.357. The number of aliphatic hydroxyl groups is 2. The van der Waals surface area contributed by atoms with Gasteiger partial charge in [-0.05, 0) is 58.7 Å². The van der Waals surface area contributed by atoms with E-state index in [0.717, 1.165) is 133 Å². The Bertz CT molecular complexity index is 2390. The topological polar surface area (TPSA) is 58.9 Å². The largest absolute Gasteiger partial charge is 1.00 e. The van der Waals surface area contributed by atoms with Crippen molar-refractivity contribution in [3.63, 3.8) is 0 Å². The molecule has 12 rings (SSSR count). The van der Waals surface area contributed by atoms with E-state index >= 15 is 0 Å². The molecule has 6 aliphatic rings. The molecule has 0 atom stereocenters. The van der Waals surface area contributed by atoms with Crippen molar-refractivity contribution in [2.75, 3.05) is 46.4 Å². The number of fused-ring (bicyclic) bond motifs is 6. The molecule has 0 radical (unpaired) electrons. The number of piperidine rings is 6. The van der Waals surface area contributed by atoms with Crippen molar-refractivity contribution in [1.29, 1.82) is 0 Å². The molecule has 6 saturated heterocycles. The van der Waals surface area contributed by atoms with Crippen LogP contribution in [0.15, 0.2) is 170 Å². The molecule has 6 heterocycles. The number of rotatable bonds is 12. The lowest BCUT2D eigenvalue weighted by molar-refractivity contribution is -0.958. The number of benzene rings is 6. The van der Waals surface area contributed by atoms with Crippen LogP contribution in [-0.2, 0) is 24.3 Å². The molecule has 0 spiro atoms. The molecule has 6 aromatic rings. The summed E-state index contributed by atoms with van der Waals surface area (Å²) in [5.41, 5.74) is 3.87. The molecule has 354 valence electrons. The van der Waals surface area contributed by atoms with Crippen molar-refractivity contribution in [1.82, 2.24) is 0 Å². The maximum absolute atomic E-state index is 12.5. The molecular weight excluding hydrogens is 981 g/mol. The lowest BCUT2D eigenvalue weighted by atomic mass is 9.56. The first-order valence-electron chi connectivity index (χ1n) is 23.2. The zero-order valence-electron chi connectivity index (χ0n) is 38.1. The minimum Gasteiger partial charge on any atom is -1.00 e. The summed E-state index contributed by atoms with van der Waals surface area (Å²) < 4.78 is 48.9. The van der Waals surface area contributed by atoms with E-state index < -0.39 is 17.6 Å². The summed E-state index contributed by atoms with van der Waals surface area (Å²) in [6.45, 7) is 7.95. The predicted octanol–water partition coefficient (Wildman–Crippen LogP) is 5.16. The summed E-state index contributed by atoms with van der Waals surface area (Å²) >= 11 is 0. The molecular formula is C56H61Br2F3N2O4. The molecule has 4 bridgehead atoms. The Labute approximate surface area is 414 Å². The Balaban J connectivity index is 0.000000194. The van der Waals surface area contributed by atoms with Gasteiger partial charge in [0.15, 0.2) is 0 Å². The minimum atomic E-state index is -4.68. The molecule has 0 aromatic heterocycles. The van der Waals surface area contributed by atoms with Gasteiger partial charge in [-0.15, -0.1) is 13.2 Å². The normalized spacial score (nSPS) is 24.3. The van der Waals surface area contributed by atoms with Gasteiger partial charge >= 0.3 is 6.36 Å². The van der Waals surface area contributed by atoms with Crippen LogP contribution in [0.5, 0.6) is 11.5 Å². The third kappa shape index (κ3) is 9.88. The van der Waals surface area contributed by atoms with E-state index in [0.29, 0.717) is 0 Å². The van der Waals surface area contributed by atoms with Gasteiger partial charge in [0.2, 0.25) is 0 Å². The van der Waals surface area contributed by atoms with Crippen molar-refractivity contribution in [2.45, 2.75) is 69.2 Å². The van der Waals surface area contributed by atoms with Crippen molar-refractivity contribution in [2.24, 2.45) is 10.8 Å². The van der Waals surface area contributed by atoms with Gasteiger partial charge in [0.05, 0.1) is 46.4 Å². The monoisotopic (exact) mass is 1040 g/mol. The van der Waals surface area contributed by atoms with Crippen LogP contribution in [0.25, 0.3) is 0 Å². The second-order valence-corrected chi connectivity index (χ2v) is 19.3. The fourth-order valence-electron chi connectivity index (χ4n) is 12.3. The Morgan fingerprint density at radius 3 is 1.12 bits per heavy atom. The van der Waals surface area contributed by atoms with Gasteiger partial charge in [0.1, 0.15) is 35.8 Å². The summed E-state index contributed by atoms with van der Waals surface area (Å²) in [7, 11) is 1.73. The van der Waals surface area contributed by atoms with E-state index in [-0.39, 0.29) is 50.5 Å². The molecule has 0 amide bonds. The van der Waals surface area contributed by atoms with Gasteiger partial charge in [-0.2, -0.15) is 0 Å². The van der Waals surface area contributed by atoms with Crippen LogP contribution in [0, 0.1) is 10.8 Å². The quantitative estimate of drug-likeness (QED) is 0.167. The van der Waals surface area contributed by atoms with E-state index in [1.165, 1.54) is 17.7 Å². The van der Waals surface area contributed by atoms with Crippen molar-refractivity contribution < 1.29 is 75.8 Å². The number of alkyl halides is 3. The average Bonchev–Trinajstić information content (AvgIpc) is 3.36. The highest BCUT2D eigenvalue weighted by Gasteiger charge is 2.61. The van der Waals surface area contributed by atoms with E-state index in [1.54, 1.807) is 19.2 Å². The third-order valence-electron chi connectivity index (χ3n) is 16.0. The molecule has 6 nitrogen and oxygen atoms in total. The summed E-state index contributed by atoms with van der Waals surface area (Å²) in [6, 6.07) is 55.4. The first-order valence-corrected chi connectivity index (χ1v) is 23.2. The molecule has 6 fully saturated rings. The second kappa shape index (κ2) is 20.2. The molecule has 0 aliphatic carbocycles. The SMILES string of the molecule is COc1cccc(C[N+]23CCC(C(O)(c4ccccc4)c4ccccc4)(CC2)CC3)c1.OC(c1ccccc1)(c1ccccc1)C12CC[N+](Cc3ccc(OC(F)(F)F)cc3)(CC1)CC2.[Br-].[Br-]. The predicted molar refractivity (Wildman–Crippen MR) is 248 cm³/mol. The summed E-state index contributed by atoms with van der Waals surface area (Å²) in [5, 5.41) is 24.9. The lowest BCUT2D eigenvalue weighted by Gasteiger charge is -2.60. The average molecular weight is 1040 g/mol. The molecule has 67 heavy (non-hydrogen) atoms. The first kappa shape index (κ1) is 50.4. The van der Waals surface area contributed by atoms with Gasteiger partial charge in [-0.1, -0.05) is 133 Å². The number of halogens is 5. The lowest BCUT2D eigenvalue weighted by Crippen LogP contribution is -3.00. The van der Waals surface area contributed by atoms with E-state index in [9.17, 15) is 23.4 Å². The van der Waals surface area contributed by atoms with Crippen LogP contribution in [-0.4, -0.2) is 71.9 Å². The zero-order chi connectivity index (χ0) is 45.2. The van der Waals surface area contributed by atoms with Gasteiger partial charge in [0, 0.05) is 60.5 Å². The summed E-state index contributed by atoms with van der Waals surface area (Å²) in [5.74, 6) is 0.741. The standard InChI is InChI=1S/C28H29F3NO2.C28H32NO2.2BrH/c29-28(30,31)34-25-13-11-22(12-14-25)21-32-18-15-26(16-19-32,17-20-32)27(33,23-7-3-1-4-8-23)24-9-5-2-6-10-24;1-31-26-14-8-9-23(21-26)22-29-18-15-27(16-19-29,17-20-29)28(30,24-10-4-2-5-11-24)25-12-6-3-7-13-25;;/h1-14,33H,15-21H2;2-14,21,30H,15-20,22H2,1H3;2*1H/q2*+1;;/p-2. The minimum absolute atomic E-state index is 0. The number of hydrogen-bond donors (Lipinski definition) is 2. The van der Waals surface area contributed by atoms with Gasteiger partial charge in [-0.3, -0.25) is 0 Å². The van der Waals surface area contributed by atoms with Gasteiger partial charge < -0.3 is 62.6 Å². The Morgan fingerprint density at radius 1 is 0.448 bits per heavy atom. The third-order valence-corrected chi connectivity index (χ3v) is 16.0. The van der Waals surface area contributed by atoms with E-state index in [2.05, 4.69) is 71.5 Å². The Morgan fingerprint density at radius 2 is 0.791 bits per heavy atom. The second-order valence-electron chi connectivity index (χ2n) is 19.3. The highest BCUT2D eigenvalue weighted by molar-refractivity contribution is 5.41. The highest BCUT2D eigenvalue weighted by Crippen LogP contribution is 2.59. The van der Waals surface area contributed by atoms with E-state index in [4.69, 9.17) is 4.74 Å². The number of ether oxygens (including phenoxy) is 2. The number of hydrogen-bond acceptors (Lipinski definition) is 4. The maximum Gasteiger partial charge on any atom is 0.573 e. The number of nitrogens with zero attached hydrogens (tertiary/aromatic N) is 2. The molecule has 2 N–H and O–H groups in total. The summed E-state index contributed by atoms with van der Waals surface area (Å²) in [6.07, 6.45) is 1.11. The van der Waals surface area contributed by atoms with Gasteiger partial charge in [0.25, 0.3) is 0 Å². The molecule has 6 aliphatic heterocycles. The number of methoxy groups -OCH3 is 1. The van der Waals surface area contributed by atoms with Crippen LogP contribution in [0.2, 0.25) is 0 Å². The van der Waals surface area contributed by atoms with Crippen molar-refractivity contribution in [3.05, 3.63) is 203 Å². The van der Waals surface area contributed by atoms with Crippen LogP contribution < -0.4 is 43.4 Å². The van der Waals surface area contributed by atoms with E-state index in [1.807, 2.05) is 78.9 Å². The Hall–Kier alpha value is -4.49. The van der Waals surface area contributed by atoms with Crippen LogP contribution in [0.4, 0.5) is 13.2 Å². The Kier molecular flexibility index (Phi) is 15.2. The highest BCUT2D eigenvalue weighted by atomic mass is 79.9. The van der Waals surface area contributed by atoms with Crippen molar-refractivity contribution >= 4 is 0 Å². The molecule has 11 heteroatoms. The maximum atomic E-state index is 12.5. The summed E-state index contributed by atoms with van der Waals surface area (Å²) in [4.78, 5) is 0. The molecule has 0 saturated carbocycles. The fourth-order valence-corrected chi connectivity index (χ4v) is 12.3. The van der Waals surface area contributed by atoms with Crippen LogP contribution in [0.1, 0.15) is 71.9 Å². The smallest absolute Gasteiger partial charge is 0.573 e. The zero-order valence-corrected chi connectivity index (χ0v) is 41.2. The van der Waals surface area contributed by atoms with Crippen molar-refractivity contribution in [3.8, 4) is 11.5 Å². The van der Waals surface area contributed by atoms with Crippen LogP contribution in [0.3, 0.4) is 0 Å². The number of quaternary nitrogens is 2. The first-order chi connectivity index (χ1) is 31.3. The molecule has 0 unspecified atom stereocenters.